The Morgan fingerprint density at radius 3 is 2.48 bits per heavy atom. The Hall–Kier alpha value is -2.36. The Labute approximate surface area is 197 Å². The van der Waals surface area contributed by atoms with E-state index >= 15 is 0 Å². The van der Waals surface area contributed by atoms with Crippen LogP contribution < -0.4 is 4.74 Å². The molecule has 0 N–H and O–H groups in total. The van der Waals surface area contributed by atoms with E-state index in [0.29, 0.717) is 24.4 Å². The molecule has 0 heterocycles. The Morgan fingerprint density at radius 2 is 1.82 bits per heavy atom. The van der Waals surface area contributed by atoms with Gasteiger partial charge in [-0.05, 0) is 104 Å². The molecule has 4 rings (SSSR count). The van der Waals surface area contributed by atoms with Gasteiger partial charge in [0.25, 0.3) is 0 Å². The molecule has 2 aromatic carbocycles. The first-order valence-electron chi connectivity index (χ1n) is 12.6. The monoisotopic (exact) mass is 452 g/mol. The average Bonchev–Trinajstić information content (AvgIpc) is 3.68. The topological polar surface area (TPSA) is 35.5 Å². The molecule has 2 aliphatic rings. The number of aryl methyl sites for hydroxylation is 1. The fourth-order valence-electron chi connectivity index (χ4n) is 5.55. The highest BCUT2D eigenvalue weighted by Crippen LogP contribution is 2.47. The number of esters is 1. The molecule has 2 saturated carbocycles. The van der Waals surface area contributed by atoms with Crippen LogP contribution in [0.5, 0.6) is 5.75 Å². The Morgan fingerprint density at radius 1 is 1.06 bits per heavy atom. The summed E-state index contributed by atoms with van der Waals surface area (Å²) in [5.74, 6) is 2.07. The van der Waals surface area contributed by atoms with Crippen molar-refractivity contribution in [1.82, 2.24) is 0 Å². The molecule has 2 aliphatic carbocycles. The van der Waals surface area contributed by atoms with Crippen LogP contribution in [-0.2, 0) is 16.0 Å². The van der Waals surface area contributed by atoms with Crippen LogP contribution in [0.4, 0.5) is 4.39 Å². The molecule has 178 valence electrons. The lowest BCUT2D eigenvalue weighted by Crippen LogP contribution is -2.22. The molecule has 0 bridgehead atoms. The van der Waals surface area contributed by atoms with E-state index in [0.717, 1.165) is 43.4 Å². The van der Waals surface area contributed by atoms with Gasteiger partial charge in [-0.15, -0.1) is 0 Å². The average molecular weight is 453 g/mol. The summed E-state index contributed by atoms with van der Waals surface area (Å²) < 4.78 is 25.6. The van der Waals surface area contributed by atoms with Crippen LogP contribution in [0.3, 0.4) is 0 Å². The summed E-state index contributed by atoms with van der Waals surface area (Å²) in [5.41, 5.74) is 3.28. The normalized spacial score (nSPS) is 22.4. The van der Waals surface area contributed by atoms with Crippen LogP contribution in [0.25, 0.3) is 0 Å². The van der Waals surface area contributed by atoms with E-state index in [4.69, 9.17) is 9.47 Å². The van der Waals surface area contributed by atoms with Gasteiger partial charge < -0.3 is 9.47 Å². The van der Waals surface area contributed by atoms with E-state index in [1.54, 1.807) is 6.07 Å². The van der Waals surface area contributed by atoms with Gasteiger partial charge in [-0.2, -0.15) is 0 Å². The fourth-order valence-corrected chi connectivity index (χ4v) is 5.55. The summed E-state index contributed by atoms with van der Waals surface area (Å²) in [4.78, 5) is 12.2. The molecule has 0 amide bonds. The molecule has 0 radical (unpaired) electrons. The zero-order valence-corrected chi connectivity index (χ0v) is 20.2. The highest BCUT2D eigenvalue weighted by Gasteiger charge is 2.39. The van der Waals surface area contributed by atoms with Gasteiger partial charge in [0, 0.05) is 0 Å². The van der Waals surface area contributed by atoms with Gasteiger partial charge in [-0.3, -0.25) is 4.79 Å². The highest BCUT2D eigenvalue weighted by atomic mass is 19.1. The van der Waals surface area contributed by atoms with Crippen LogP contribution in [0.15, 0.2) is 42.5 Å². The number of carbonyl (C=O) groups excluding carboxylic acids is 1. The van der Waals surface area contributed by atoms with Gasteiger partial charge in [-0.25, -0.2) is 4.39 Å². The third-order valence-electron chi connectivity index (χ3n) is 7.73. The third-order valence-corrected chi connectivity index (χ3v) is 7.73. The van der Waals surface area contributed by atoms with Crippen LogP contribution in [0.1, 0.15) is 80.9 Å². The predicted molar refractivity (Wildman–Crippen MR) is 129 cm³/mol. The van der Waals surface area contributed by atoms with Crippen LogP contribution in [0.2, 0.25) is 0 Å². The summed E-state index contributed by atoms with van der Waals surface area (Å²) in [6.07, 6.45) is 7.42. The first kappa shape index (κ1) is 23.8. The molecule has 0 spiro atoms. The Bertz CT molecular complexity index is 944. The van der Waals surface area contributed by atoms with Crippen molar-refractivity contribution >= 4 is 5.97 Å². The predicted octanol–water partition coefficient (Wildman–Crippen LogP) is 7.04. The van der Waals surface area contributed by atoms with Crippen LogP contribution in [0, 0.1) is 23.6 Å². The van der Waals surface area contributed by atoms with Gasteiger partial charge in [0.05, 0.1) is 19.6 Å². The molecule has 2 fully saturated rings. The molecule has 0 aliphatic heterocycles. The molecular formula is C29H37FO3. The molecule has 0 saturated heterocycles. The van der Waals surface area contributed by atoms with Gasteiger partial charge >= 0.3 is 5.97 Å². The van der Waals surface area contributed by atoms with E-state index in [1.807, 2.05) is 25.1 Å². The van der Waals surface area contributed by atoms with Crippen molar-refractivity contribution in [2.75, 3.05) is 13.7 Å². The van der Waals surface area contributed by atoms with E-state index < -0.39 is 0 Å². The minimum atomic E-state index is -0.153. The molecule has 2 atom stereocenters. The highest BCUT2D eigenvalue weighted by molar-refractivity contribution is 5.73. The molecule has 1 unspecified atom stereocenters. The molecule has 3 nitrogen and oxygen atoms in total. The lowest BCUT2D eigenvalue weighted by Gasteiger charge is -2.29. The second-order valence-electron chi connectivity index (χ2n) is 9.99. The van der Waals surface area contributed by atoms with Crippen LogP contribution in [-0.4, -0.2) is 19.7 Å². The Kier molecular flexibility index (Phi) is 7.72. The number of halogens is 1. The maximum atomic E-state index is 14.4. The first-order chi connectivity index (χ1) is 16.0. The van der Waals surface area contributed by atoms with Crippen molar-refractivity contribution in [2.45, 2.75) is 70.6 Å². The van der Waals surface area contributed by atoms with Crippen molar-refractivity contribution in [2.24, 2.45) is 17.8 Å². The number of methoxy groups -OCH3 is 1. The van der Waals surface area contributed by atoms with Crippen molar-refractivity contribution < 1.29 is 18.7 Å². The lowest BCUT2D eigenvalue weighted by atomic mass is 9.78. The van der Waals surface area contributed by atoms with Crippen molar-refractivity contribution in [3.63, 3.8) is 0 Å². The summed E-state index contributed by atoms with van der Waals surface area (Å²) in [7, 11) is 1.46. The van der Waals surface area contributed by atoms with Gasteiger partial charge in [-0.1, -0.05) is 38.1 Å². The number of carbonyl (C=O) groups is 1. The zero-order chi connectivity index (χ0) is 23.4. The zero-order valence-electron chi connectivity index (χ0n) is 20.2. The first-order valence-corrected chi connectivity index (χ1v) is 12.6. The Balaban J connectivity index is 1.34. The maximum absolute atomic E-state index is 14.4. The van der Waals surface area contributed by atoms with Crippen molar-refractivity contribution in [3.05, 3.63) is 65.0 Å². The molecule has 2 aromatic rings. The van der Waals surface area contributed by atoms with E-state index in [9.17, 15) is 9.18 Å². The van der Waals surface area contributed by atoms with Gasteiger partial charge in [0.1, 0.15) is 11.6 Å². The van der Waals surface area contributed by atoms with E-state index in [-0.39, 0.29) is 23.6 Å². The third kappa shape index (κ3) is 5.77. The van der Waals surface area contributed by atoms with Gasteiger partial charge in [0.2, 0.25) is 0 Å². The standard InChI is InChI=1S/C29H37FO3/c1-4-20-10-15-27(30)26(16-20)22-11-8-21(9-12-22)18-33-25-7-5-6-24(17-25)28(23-13-14-23)19(2)29(31)32-3/h5-7,10,15-17,19,21-23,28H,4,8-9,11-14,18H2,1-3H3/t19-,21?,22?,28?/m0/s1. The number of benzene rings is 2. The number of hydrogen-bond donors (Lipinski definition) is 0. The SMILES string of the molecule is CCc1ccc(F)c(C2CCC(COc3cccc(C(C4CC4)[C@H](C)C(=O)OC)c3)CC2)c1. The summed E-state index contributed by atoms with van der Waals surface area (Å²) in [5, 5.41) is 0. The summed E-state index contributed by atoms with van der Waals surface area (Å²) in [6.45, 7) is 4.78. The van der Waals surface area contributed by atoms with Crippen molar-refractivity contribution in [3.8, 4) is 5.75 Å². The summed E-state index contributed by atoms with van der Waals surface area (Å²) in [6, 6.07) is 13.9. The second kappa shape index (κ2) is 10.7. The quantitative estimate of drug-likeness (QED) is 0.383. The lowest BCUT2D eigenvalue weighted by molar-refractivity contribution is -0.145. The van der Waals surface area contributed by atoms with E-state index in [2.05, 4.69) is 25.1 Å². The largest absolute Gasteiger partial charge is 0.493 e. The molecule has 4 heteroatoms. The molecular weight excluding hydrogens is 415 g/mol. The summed E-state index contributed by atoms with van der Waals surface area (Å²) >= 11 is 0. The van der Waals surface area contributed by atoms with Crippen LogP contribution >= 0.6 is 0 Å². The minimum absolute atomic E-state index is 0.0601. The minimum Gasteiger partial charge on any atom is -0.493 e. The number of rotatable bonds is 9. The number of ether oxygens (including phenoxy) is 2. The van der Waals surface area contributed by atoms with Crippen molar-refractivity contribution in [1.29, 1.82) is 0 Å². The maximum Gasteiger partial charge on any atom is 0.309 e. The van der Waals surface area contributed by atoms with E-state index in [1.165, 1.54) is 31.1 Å². The molecule has 33 heavy (non-hydrogen) atoms. The smallest absolute Gasteiger partial charge is 0.309 e. The second-order valence-corrected chi connectivity index (χ2v) is 9.99. The van der Waals surface area contributed by atoms with Gasteiger partial charge in [0.15, 0.2) is 0 Å². The molecule has 0 aromatic heterocycles. The number of hydrogen-bond acceptors (Lipinski definition) is 3. The fraction of sp³-hybridized carbons (Fsp3) is 0.552.